The number of benzene rings is 1. The lowest BCUT2D eigenvalue weighted by atomic mass is 10.1. The van der Waals surface area contributed by atoms with E-state index < -0.39 is 0 Å². The number of carbonyl (C=O) groups excluding carboxylic acids is 1. The number of hydrogen-bond acceptors (Lipinski definition) is 3. The lowest BCUT2D eigenvalue weighted by Crippen LogP contribution is -2.36. The fourth-order valence-corrected chi connectivity index (χ4v) is 2.62. The average molecular weight is 291 g/mol. The molecule has 0 spiro atoms. The first kappa shape index (κ1) is 15.7. The van der Waals surface area contributed by atoms with Crippen molar-refractivity contribution in [3.63, 3.8) is 0 Å². The second-order valence-corrected chi connectivity index (χ2v) is 5.76. The Labute approximate surface area is 127 Å². The smallest absolute Gasteiger partial charge is 0.222 e. The van der Waals surface area contributed by atoms with E-state index in [9.17, 15) is 4.79 Å². The molecule has 0 radical (unpaired) electrons. The third kappa shape index (κ3) is 3.90. The van der Waals surface area contributed by atoms with E-state index >= 15 is 0 Å². The Morgan fingerprint density at radius 3 is 2.62 bits per heavy atom. The molecule has 1 aliphatic carbocycles. The second-order valence-electron chi connectivity index (χ2n) is 5.76. The maximum Gasteiger partial charge on any atom is 0.222 e. The Morgan fingerprint density at radius 1 is 1.33 bits per heavy atom. The molecule has 0 bridgehead atoms. The van der Waals surface area contributed by atoms with Crippen molar-refractivity contribution in [2.24, 2.45) is 5.92 Å². The molecule has 1 amide bonds. The van der Waals surface area contributed by atoms with Crippen molar-refractivity contribution in [1.29, 1.82) is 0 Å². The van der Waals surface area contributed by atoms with Gasteiger partial charge in [-0.3, -0.25) is 4.79 Å². The molecule has 4 heteroatoms. The van der Waals surface area contributed by atoms with Crippen molar-refractivity contribution in [2.75, 3.05) is 21.3 Å². The molecule has 1 saturated carbocycles. The Hall–Kier alpha value is -1.71. The van der Waals surface area contributed by atoms with Gasteiger partial charge in [0, 0.05) is 19.5 Å². The van der Waals surface area contributed by atoms with Gasteiger partial charge in [0.15, 0.2) is 0 Å². The highest BCUT2D eigenvalue weighted by atomic mass is 16.5. The number of aryl methyl sites for hydroxylation is 1. The van der Waals surface area contributed by atoms with Gasteiger partial charge in [0.05, 0.1) is 14.2 Å². The highest BCUT2D eigenvalue weighted by Gasteiger charge is 2.32. The summed E-state index contributed by atoms with van der Waals surface area (Å²) in [5.74, 6) is 2.49. The Balaban J connectivity index is 1.96. The minimum atomic E-state index is 0.194. The monoisotopic (exact) mass is 291 g/mol. The van der Waals surface area contributed by atoms with Gasteiger partial charge >= 0.3 is 0 Å². The predicted octanol–water partition coefficient (Wildman–Crippen LogP) is 2.89. The second kappa shape index (κ2) is 6.83. The maximum atomic E-state index is 12.3. The van der Waals surface area contributed by atoms with Crippen LogP contribution >= 0.6 is 0 Å². The summed E-state index contributed by atoms with van der Waals surface area (Å²) < 4.78 is 10.6. The molecule has 0 aliphatic heterocycles. The van der Waals surface area contributed by atoms with Crippen molar-refractivity contribution in [3.8, 4) is 11.5 Å². The van der Waals surface area contributed by atoms with Crippen molar-refractivity contribution in [1.82, 2.24) is 4.90 Å². The number of methoxy groups -OCH3 is 2. The van der Waals surface area contributed by atoms with Gasteiger partial charge in [-0.05, 0) is 55.9 Å². The third-order valence-corrected chi connectivity index (χ3v) is 4.40. The number of rotatable bonds is 7. The Kier molecular flexibility index (Phi) is 5.10. The quantitative estimate of drug-likeness (QED) is 0.775. The number of hydrogen-bond donors (Lipinski definition) is 0. The van der Waals surface area contributed by atoms with Crippen LogP contribution in [0.25, 0.3) is 0 Å². The van der Waals surface area contributed by atoms with Gasteiger partial charge in [0.1, 0.15) is 11.5 Å². The average Bonchev–Trinajstić information content (AvgIpc) is 3.35. The molecule has 1 fully saturated rings. The molecule has 2 rings (SSSR count). The third-order valence-electron chi connectivity index (χ3n) is 4.40. The van der Waals surface area contributed by atoms with Gasteiger partial charge in [0.2, 0.25) is 5.91 Å². The lowest BCUT2D eigenvalue weighted by Gasteiger charge is -2.25. The number of ether oxygens (including phenoxy) is 2. The molecule has 1 aromatic carbocycles. The first-order valence-corrected chi connectivity index (χ1v) is 7.53. The summed E-state index contributed by atoms with van der Waals surface area (Å²) in [4.78, 5) is 14.2. The first-order chi connectivity index (χ1) is 10.1. The molecular weight excluding hydrogens is 266 g/mol. The highest BCUT2D eigenvalue weighted by molar-refractivity contribution is 5.76. The largest absolute Gasteiger partial charge is 0.497 e. The van der Waals surface area contributed by atoms with Crippen LogP contribution in [-0.2, 0) is 11.2 Å². The minimum absolute atomic E-state index is 0.194. The Bertz CT molecular complexity index is 497. The van der Waals surface area contributed by atoms with E-state index in [1.54, 1.807) is 14.2 Å². The summed E-state index contributed by atoms with van der Waals surface area (Å²) in [7, 11) is 5.20. The van der Waals surface area contributed by atoms with Crippen LogP contribution in [0.1, 0.15) is 31.7 Å². The van der Waals surface area contributed by atoms with Crippen LogP contribution in [0.15, 0.2) is 18.2 Å². The molecule has 0 N–H and O–H groups in total. The Morgan fingerprint density at radius 2 is 2.05 bits per heavy atom. The van der Waals surface area contributed by atoms with Crippen LogP contribution in [0.4, 0.5) is 0 Å². The van der Waals surface area contributed by atoms with Crippen LogP contribution in [0, 0.1) is 5.92 Å². The fraction of sp³-hybridized carbons (Fsp3) is 0.588. The normalized spacial score (nSPS) is 15.4. The maximum absolute atomic E-state index is 12.3. The van der Waals surface area contributed by atoms with Crippen LogP contribution in [0.3, 0.4) is 0 Å². The van der Waals surface area contributed by atoms with E-state index in [0.29, 0.717) is 24.8 Å². The molecule has 1 atom stereocenters. The van der Waals surface area contributed by atoms with E-state index in [1.807, 2.05) is 30.1 Å². The SMILES string of the molecule is COc1ccc(OC)c(CCC(=O)N(C)C(C)C2CC2)c1. The molecule has 0 heterocycles. The molecule has 21 heavy (non-hydrogen) atoms. The van der Waals surface area contributed by atoms with E-state index in [2.05, 4.69) is 6.92 Å². The standard InChI is InChI=1S/C17H25NO3/c1-12(13-5-6-13)18(2)17(19)10-7-14-11-15(20-3)8-9-16(14)21-4/h8-9,11-13H,5-7,10H2,1-4H3. The van der Waals surface area contributed by atoms with Crippen LogP contribution in [0.5, 0.6) is 11.5 Å². The highest BCUT2D eigenvalue weighted by Crippen LogP contribution is 2.35. The fourth-order valence-electron chi connectivity index (χ4n) is 2.62. The number of nitrogens with zero attached hydrogens (tertiary/aromatic N) is 1. The molecule has 116 valence electrons. The van der Waals surface area contributed by atoms with Crippen LogP contribution < -0.4 is 9.47 Å². The number of amides is 1. The molecule has 4 nitrogen and oxygen atoms in total. The summed E-state index contributed by atoms with van der Waals surface area (Å²) >= 11 is 0. The van der Waals surface area contributed by atoms with Crippen molar-refractivity contribution < 1.29 is 14.3 Å². The molecule has 1 unspecified atom stereocenters. The number of carbonyl (C=O) groups is 1. The zero-order chi connectivity index (χ0) is 15.4. The summed E-state index contributed by atoms with van der Waals surface area (Å²) in [6.07, 6.45) is 3.67. The topological polar surface area (TPSA) is 38.8 Å². The van der Waals surface area contributed by atoms with E-state index in [1.165, 1.54) is 12.8 Å². The van der Waals surface area contributed by atoms with Crippen LogP contribution in [-0.4, -0.2) is 38.1 Å². The summed E-state index contributed by atoms with van der Waals surface area (Å²) in [6.45, 7) is 2.14. The van der Waals surface area contributed by atoms with Gasteiger partial charge < -0.3 is 14.4 Å². The van der Waals surface area contributed by atoms with Gasteiger partial charge in [-0.2, -0.15) is 0 Å². The van der Waals surface area contributed by atoms with Gasteiger partial charge in [-0.15, -0.1) is 0 Å². The van der Waals surface area contributed by atoms with E-state index in [-0.39, 0.29) is 5.91 Å². The van der Waals surface area contributed by atoms with Gasteiger partial charge in [0.25, 0.3) is 0 Å². The van der Waals surface area contributed by atoms with E-state index in [0.717, 1.165) is 17.1 Å². The lowest BCUT2D eigenvalue weighted by molar-refractivity contribution is -0.132. The van der Waals surface area contributed by atoms with Gasteiger partial charge in [-0.25, -0.2) is 0 Å². The van der Waals surface area contributed by atoms with Crippen molar-refractivity contribution >= 4 is 5.91 Å². The van der Waals surface area contributed by atoms with Crippen molar-refractivity contribution in [2.45, 2.75) is 38.6 Å². The predicted molar refractivity (Wildman–Crippen MR) is 82.8 cm³/mol. The van der Waals surface area contributed by atoms with Gasteiger partial charge in [-0.1, -0.05) is 0 Å². The van der Waals surface area contributed by atoms with Crippen LogP contribution in [0.2, 0.25) is 0 Å². The molecule has 0 saturated heterocycles. The van der Waals surface area contributed by atoms with Crippen molar-refractivity contribution in [3.05, 3.63) is 23.8 Å². The molecule has 1 aromatic rings. The molecule has 0 aromatic heterocycles. The van der Waals surface area contributed by atoms with E-state index in [4.69, 9.17) is 9.47 Å². The zero-order valence-corrected chi connectivity index (χ0v) is 13.4. The summed E-state index contributed by atoms with van der Waals surface area (Å²) in [6, 6.07) is 6.04. The summed E-state index contributed by atoms with van der Waals surface area (Å²) in [5, 5.41) is 0. The molecular formula is C17H25NO3. The molecule has 1 aliphatic rings. The minimum Gasteiger partial charge on any atom is -0.497 e. The zero-order valence-electron chi connectivity index (χ0n) is 13.4. The first-order valence-electron chi connectivity index (χ1n) is 7.53. The summed E-state index contributed by atoms with van der Waals surface area (Å²) in [5.41, 5.74) is 1.01.